The van der Waals surface area contributed by atoms with Gasteiger partial charge in [-0.15, -0.1) is 11.3 Å². The van der Waals surface area contributed by atoms with Crippen molar-refractivity contribution >= 4 is 23.3 Å². The lowest BCUT2D eigenvalue weighted by molar-refractivity contribution is -0.147. The second-order valence-electron chi connectivity index (χ2n) is 4.13. The molecule has 1 aromatic heterocycles. The number of carboxylic acids is 1. The summed E-state index contributed by atoms with van der Waals surface area (Å²) in [5.74, 6) is -1.05. The van der Waals surface area contributed by atoms with E-state index in [0.29, 0.717) is 13.2 Å². The lowest BCUT2D eigenvalue weighted by Crippen LogP contribution is -2.55. The normalized spacial score (nSPS) is 19.2. The molecule has 104 valence electrons. The van der Waals surface area contributed by atoms with Crippen molar-refractivity contribution in [1.29, 1.82) is 0 Å². The van der Waals surface area contributed by atoms with E-state index >= 15 is 0 Å². The average Bonchev–Trinajstić information content (AvgIpc) is 2.81. The molecule has 0 aliphatic carbocycles. The number of hydrogen-bond acceptors (Lipinski definition) is 5. The van der Waals surface area contributed by atoms with Crippen molar-refractivity contribution < 1.29 is 19.4 Å². The molecule has 19 heavy (non-hydrogen) atoms. The van der Waals surface area contributed by atoms with Gasteiger partial charge in [-0.05, 0) is 6.92 Å². The Morgan fingerprint density at radius 1 is 1.68 bits per heavy atom. The minimum atomic E-state index is -1.05. The predicted molar refractivity (Wildman–Crippen MR) is 68.0 cm³/mol. The van der Waals surface area contributed by atoms with Gasteiger partial charge in [0.15, 0.2) is 6.04 Å². The van der Waals surface area contributed by atoms with Crippen molar-refractivity contribution in [1.82, 2.24) is 15.2 Å². The lowest BCUT2D eigenvalue weighted by atomic mass is 10.2. The second kappa shape index (κ2) is 5.98. The van der Waals surface area contributed by atoms with Crippen LogP contribution < -0.4 is 5.32 Å². The molecule has 1 saturated heterocycles. The van der Waals surface area contributed by atoms with E-state index in [1.165, 1.54) is 16.2 Å². The van der Waals surface area contributed by atoms with Crippen LogP contribution in [0.25, 0.3) is 0 Å². The molecule has 2 N–H and O–H groups in total. The molecule has 1 unspecified atom stereocenters. The summed E-state index contributed by atoms with van der Waals surface area (Å²) >= 11 is 1.50. The maximum absolute atomic E-state index is 12.0. The summed E-state index contributed by atoms with van der Waals surface area (Å²) in [5.41, 5.74) is 0. The molecular formula is C11H15N3O4S. The number of carboxylic acid groups (broad SMARTS) is 1. The molecule has 2 heterocycles. The number of aliphatic carboxylic acids is 1. The lowest BCUT2D eigenvalue weighted by Gasteiger charge is -2.32. The van der Waals surface area contributed by atoms with Gasteiger partial charge in [0.2, 0.25) is 0 Å². The Morgan fingerprint density at radius 3 is 3.11 bits per heavy atom. The summed E-state index contributed by atoms with van der Waals surface area (Å²) in [4.78, 5) is 29.3. The first-order valence-electron chi connectivity index (χ1n) is 5.84. The number of aromatic nitrogens is 1. The fourth-order valence-electron chi connectivity index (χ4n) is 1.80. The van der Waals surface area contributed by atoms with E-state index in [9.17, 15) is 9.59 Å². The van der Waals surface area contributed by atoms with Crippen molar-refractivity contribution in [2.24, 2.45) is 0 Å². The van der Waals surface area contributed by atoms with Gasteiger partial charge in [0, 0.05) is 17.6 Å². The SMILES string of the molecule is Cc1ncc(CNC(=O)N2CCOCC2C(=O)O)s1. The Labute approximate surface area is 114 Å². The first-order chi connectivity index (χ1) is 9.08. The smallest absolute Gasteiger partial charge is 0.328 e. The summed E-state index contributed by atoms with van der Waals surface area (Å²) in [6.45, 7) is 2.91. The van der Waals surface area contributed by atoms with E-state index < -0.39 is 12.0 Å². The summed E-state index contributed by atoms with van der Waals surface area (Å²) in [6.07, 6.45) is 1.70. The van der Waals surface area contributed by atoms with Gasteiger partial charge >= 0.3 is 12.0 Å². The van der Waals surface area contributed by atoms with Gasteiger partial charge in [-0.3, -0.25) is 0 Å². The van der Waals surface area contributed by atoms with Crippen LogP contribution in [0.3, 0.4) is 0 Å². The van der Waals surface area contributed by atoms with Crippen LogP contribution >= 0.6 is 11.3 Å². The number of carbonyl (C=O) groups excluding carboxylic acids is 1. The molecule has 0 bridgehead atoms. The number of nitrogens with zero attached hydrogens (tertiary/aromatic N) is 2. The fourth-order valence-corrected chi connectivity index (χ4v) is 2.54. The van der Waals surface area contributed by atoms with Crippen LogP contribution in [0.5, 0.6) is 0 Å². The highest BCUT2D eigenvalue weighted by Crippen LogP contribution is 2.12. The number of amides is 2. The Bertz CT molecular complexity index is 476. The van der Waals surface area contributed by atoms with Crippen molar-refractivity contribution in [3.05, 3.63) is 16.1 Å². The highest BCUT2D eigenvalue weighted by molar-refractivity contribution is 7.11. The Kier molecular flexibility index (Phi) is 4.33. The molecule has 0 aromatic carbocycles. The number of thiazole rings is 1. The fraction of sp³-hybridized carbons (Fsp3) is 0.545. The topological polar surface area (TPSA) is 91.8 Å². The van der Waals surface area contributed by atoms with Gasteiger partial charge in [-0.1, -0.05) is 0 Å². The van der Waals surface area contributed by atoms with Gasteiger partial charge in [0.25, 0.3) is 0 Å². The molecule has 7 nitrogen and oxygen atoms in total. The number of rotatable bonds is 3. The van der Waals surface area contributed by atoms with Crippen molar-refractivity contribution in [2.75, 3.05) is 19.8 Å². The first-order valence-corrected chi connectivity index (χ1v) is 6.66. The van der Waals surface area contributed by atoms with E-state index in [1.54, 1.807) is 6.20 Å². The first kappa shape index (κ1) is 13.8. The van der Waals surface area contributed by atoms with Crippen molar-refractivity contribution in [3.8, 4) is 0 Å². The molecule has 1 fully saturated rings. The van der Waals surface area contributed by atoms with Gasteiger partial charge in [-0.2, -0.15) is 0 Å². The van der Waals surface area contributed by atoms with Gasteiger partial charge in [0.05, 0.1) is 24.8 Å². The molecule has 0 saturated carbocycles. The number of ether oxygens (including phenoxy) is 1. The largest absolute Gasteiger partial charge is 0.480 e. The van der Waals surface area contributed by atoms with Crippen LogP contribution in [0.1, 0.15) is 9.88 Å². The Morgan fingerprint density at radius 2 is 2.47 bits per heavy atom. The third-order valence-electron chi connectivity index (χ3n) is 2.76. The molecule has 0 spiro atoms. The molecule has 1 aliphatic rings. The van der Waals surface area contributed by atoms with Gasteiger partial charge in [-0.25, -0.2) is 14.6 Å². The zero-order chi connectivity index (χ0) is 13.8. The minimum Gasteiger partial charge on any atom is -0.480 e. The summed E-state index contributed by atoms with van der Waals surface area (Å²) < 4.78 is 5.08. The summed E-state index contributed by atoms with van der Waals surface area (Å²) in [6, 6.07) is -1.31. The highest BCUT2D eigenvalue weighted by Gasteiger charge is 2.32. The molecule has 2 amide bonds. The van der Waals surface area contributed by atoms with Crippen LogP contribution in [0, 0.1) is 6.92 Å². The molecule has 8 heteroatoms. The monoisotopic (exact) mass is 285 g/mol. The molecule has 0 radical (unpaired) electrons. The molecular weight excluding hydrogens is 270 g/mol. The van der Waals surface area contributed by atoms with Crippen LogP contribution in [0.15, 0.2) is 6.20 Å². The van der Waals surface area contributed by atoms with Gasteiger partial charge < -0.3 is 20.1 Å². The third-order valence-corrected chi connectivity index (χ3v) is 3.67. The molecule has 2 rings (SSSR count). The summed E-state index contributed by atoms with van der Waals surface area (Å²) in [5, 5.41) is 12.7. The Hall–Kier alpha value is -1.67. The highest BCUT2D eigenvalue weighted by atomic mass is 32.1. The quantitative estimate of drug-likeness (QED) is 0.841. The predicted octanol–water partition coefficient (Wildman–Crippen LogP) is 0.447. The van der Waals surface area contributed by atoms with Crippen molar-refractivity contribution in [2.45, 2.75) is 19.5 Å². The van der Waals surface area contributed by atoms with Crippen molar-refractivity contribution in [3.63, 3.8) is 0 Å². The molecule has 1 aromatic rings. The van der Waals surface area contributed by atoms with Crippen LogP contribution in [-0.2, 0) is 16.1 Å². The van der Waals surface area contributed by atoms with E-state index in [2.05, 4.69) is 10.3 Å². The number of aryl methyl sites for hydroxylation is 1. The summed E-state index contributed by atoms with van der Waals surface area (Å²) in [7, 11) is 0. The second-order valence-corrected chi connectivity index (χ2v) is 5.45. The van der Waals surface area contributed by atoms with E-state index in [0.717, 1.165) is 9.88 Å². The average molecular weight is 285 g/mol. The van der Waals surface area contributed by atoms with Crippen LogP contribution in [-0.4, -0.2) is 52.8 Å². The number of carbonyl (C=O) groups is 2. The van der Waals surface area contributed by atoms with Gasteiger partial charge in [0.1, 0.15) is 0 Å². The van der Waals surface area contributed by atoms with E-state index in [1.807, 2.05) is 6.92 Å². The minimum absolute atomic E-state index is 0.0302. The zero-order valence-electron chi connectivity index (χ0n) is 10.5. The van der Waals surface area contributed by atoms with Crippen LogP contribution in [0.4, 0.5) is 4.79 Å². The Balaban J connectivity index is 1.92. The maximum atomic E-state index is 12.0. The van der Waals surface area contributed by atoms with Crippen LogP contribution in [0.2, 0.25) is 0 Å². The number of nitrogens with one attached hydrogen (secondary N) is 1. The zero-order valence-corrected chi connectivity index (χ0v) is 11.3. The number of hydrogen-bond donors (Lipinski definition) is 2. The number of urea groups is 1. The number of morpholine rings is 1. The third kappa shape index (κ3) is 3.42. The standard InChI is InChI=1S/C11H15N3O4S/c1-7-12-4-8(19-7)5-13-11(17)14-2-3-18-6-9(14)10(15)16/h4,9H,2-3,5-6H2,1H3,(H,13,17)(H,15,16). The van der Waals surface area contributed by atoms with E-state index in [-0.39, 0.29) is 19.2 Å². The van der Waals surface area contributed by atoms with E-state index in [4.69, 9.17) is 9.84 Å². The maximum Gasteiger partial charge on any atom is 0.328 e. The molecule has 1 aliphatic heterocycles. The molecule has 1 atom stereocenters.